The van der Waals surface area contributed by atoms with Crippen molar-refractivity contribution in [3.63, 3.8) is 0 Å². The Morgan fingerprint density at radius 3 is 2.45 bits per heavy atom. The van der Waals surface area contributed by atoms with Gasteiger partial charge in [0.15, 0.2) is 0 Å². The molecular weight excluding hydrogens is 280 g/mol. The SMILES string of the molecule is Cc1cc(CS(=O)(=O)NCc2ccc(CO)cc2)no1. The van der Waals surface area contributed by atoms with Gasteiger partial charge in [-0.15, -0.1) is 0 Å². The minimum atomic E-state index is -3.46. The molecule has 0 unspecified atom stereocenters. The Balaban J connectivity index is 1.94. The number of aromatic nitrogens is 1. The fraction of sp³-hybridized carbons (Fsp3) is 0.308. The van der Waals surface area contributed by atoms with E-state index >= 15 is 0 Å². The highest BCUT2D eigenvalue weighted by molar-refractivity contribution is 7.88. The predicted octanol–water partition coefficient (Wildman–Crippen LogP) is 1.09. The second-order valence-electron chi connectivity index (χ2n) is 4.48. The van der Waals surface area contributed by atoms with Gasteiger partial charge in [-0.25, -0.2) is 13.1 Å². The maximum atomic E-state index is 11.9. The molecule has 2 rings (SSSR count). The predicted molar refractivity (Wildman–Crippen MR) is 73.1 cm³/mol. The van der Waals surface area contributed by atoms with Crippen LogP contribution in [0.4, 0.5) is 0 Å². The van der Waals surface area contributed by atoms with Gasteiger partial charge in [-0.3, -0.25) is 0 Å². The first-order valence-corrected chi connectivity index (χ1v) is 7.72. The highest BCUT2D eigenvalue weighted by atomic mass is 32.2. The minimum Gasteiger partial charge on any atom is -0.392 e. The molecule has 108 valence electrons. The fourth-order valence-corrected chi connectivity index (χ4v) is 2.70. The van der Waals surface area contributed by atoms with E-state index in [1.807, 2.05) is 0 Å². The molecule has 0 saturated heterocycles. The van der Waals surface area contributed by atoms with Crippen LogP contribution in [-0.2, 0) is 28.9 Å². The van der Waals surface area contributed by atoms with Crippen molar-refractivity contribution in [1.29, 1.82) is 0 Å². The molecular formula is C13H16N2O4S. The molecule has 1 heterocycles. The highest BCUT2D eigenvalue weighted by Crippen LogP contribution is 2.08. The van der Waals surface area contributed by atoms with Crippen LogP contribution >= 0.6 is 0 Å². The van der Waals surface area contributed by atoms with Crippen molar-refractivity contribution in [2.24, 2.45) is 0 Å². The van der Waals surface area contributed by atoms with E-state index in [1.54, 1.807) is 37.3 Å². The Morgan fingerprint density at radius 2 is 1.90 bits per heavy atom. The van der Waals surface area contributed by atoms with E-state index in [0.29, 0.717) is 11.5 Å². The number of aliphatic hydroxyl groups is 1. The summed E-state index contributed by atoms with van der Waals surface area (Å²) in [5.41, 5.74) is 1.99. The average molecular weight is 296 g/mol. The van der Waals surface area contributed by atoms with Gasteiger partial charge < -0.3 is 9.63 Å². The normalized spacial score (nSPS) is 11.7. The van der Waals surface area contributed by atoms with E-state index < -0.39 is 10.0 Å². The van der Waals surface area contributed by atoms with Crippen molar-refractivity contribution in [3.05, 3.63) is 52.9 Å². The maximum Gasteiger partial charge on any atom is 0.217 e. The number of nitrogens with zero attached hydrogens (tertiary/aromatic N) is 1. The molecule has 2 aromatic rings. The van der Waals surface area contributed by atoms with Crippen LogP contribution in [0.1, 0.15) is 22.6 Å². The average Bonchev–Trinajstić information content (AvgIpc) is 2.82. The summed E-state index contributed by atoms with van der Waals surface area (Å²) in [4.78, 5) is 0. The van der Waals surface area contributed by atoms with Crippen LogP contribution in [0.3, 0.4) is 0 Å². The lowest BCUT2D eigenvalue weighted by atomic mass is 10.1. The lowest BCUT2D eigenvalue weighted by Crippen LogP contribution is -2.24. The quantitative estimate of drug-likeness (QED) is 0.832. The second kappa shape index (κ2) is 6.17. The van der Waals surface area contributed by atoms with E-state index in [4.69, 9.17) is 9.63 Å². The van der Waals surface area contributed by atoms with Gasteiger partial charge in [0.1, 0.15) is 17.2 Å². The third kappa shape index (κ3) is 4.16. The van der Waals surface area contributed by atoms with Gasteiger partial charge in [0.25, 0.3) is 0 Å². The molecule has 0 fully saturated rings. The number of sulfonamides is 1. The summed E-state index contributed by atoms with van der Waals surface area (Å²) < 4.78 is 31.1. The van der Waals surface area contributed by atoms with E-state index in [2.05, 4.69) is 9.88 Å². The van der Waals surface area contributed by atoms with Crippen molar-refractivity contribution in [2.75, 3.05) is 0 Å². The molecule has 0 aliphatic rings. The maximum absolute atomic E-state index is 11.9. The molecule has 1 aromatic heterocycles. The summed E-state index contributed by atoms with van der Waals surface area (Å²) >= 11 is 0. The van der Waals surface area contributed by atoms with Crippen molar-refractivity contribution < 1.29 is 18.0 Å². The monoisotopic (exact) mass is 296 g/mol. The van der Waals surface area contributed by atoms with Crippen LogP contribution in [-0.4, -0.2) is 18.7 Å². The van der Waals surface area contributed by atoms with Crippen LogP contribution < -0.4 is 4.72 Å². The van der Waals surface area contributed by atoms with Crippen LogP contribution in [0, 0.1) is 6.92 Å². The first kappa shape index (κ1) is 14.7. The Labute approximate surface area is 117 Å². The summed E-state index contributed by atoms with van der Waals surface area (Å²) in [7, 11) is -3.46. The first-order valence-electron chi connectivity index (χ1n) is 6.07. The second-order valence-corrected chi connectivity index (χ2v) is 6.29. The largest absolute Gasteiger partial charge is 0.392 e. The minimum absolute atomic E-state index is 0.0302. The topological polar surface area (TPSA) is 92.4 Å². The summed E-state index contributed by atoms with van der Waals surface area (Å²) in [6, 6.07) is 8.65. The zero-order valence-corrected chi connectivity index (χ0v) is 11.9. The molecule has 1 aromatic carbocycles. The number of hydrogen-bond acceptors (Lipinski definition) is 5. The molecule has 0 aliphatic carbocycles. The molecule has 6 nitrogen and oxygen atoms in total. The van der Waals surface area contributed by atoms with E-state index in [-0.39, 0.29) is 18.9 Å². The summed E-state index contributed by atoms with van der Waals surface area (Å²) in [5, 5.41) is 12.6. The van der Waals surface area contributed by atoms with Crippen LogP contribution in [0.15, 0.2) is 34.9 Å². The Kier molecular flexibility index (Phi) is 4.53. The molecule has 0 aliphatic heterocycles. The molecule has 2 N–H and O–H groups in total. The van der Waals surface area contributed by atoms with Gasteiger partial charge in [-0.05, 0) is 18.1 Å². The summed E-state index contributed by atoms with van der Waals surface area (Å²) in [6.45, 7) is 1.88. The lowest BCUT2D eigenvalue weighted by molar-refractivity contribution is 0.282. The smallest absolute Gasteiger partial charge is 0.217 e. The number of aryl methyl sites for hydroxylation is 1. The Morgan fingerprint density at radius 1 is 1.25 bits per heavy atom. The number of hydrogen-bond donors (Lipinski definition) is 2. The van der Waals surface area contributed by atoms with E-state index in [0.717, 1.165) is 11.1 Å². The lowest BCUT2D eigenvalue weighted by Gasteiger charge is -2.06. The molecule has 20 heavy (non-hydrogen) atoms. The van der Waals surface area contributed by atoms with Gasteiger partial charge in [0.2, 0.25) is 10.0 Å². The third-order valence-corrected chi connectivity index (χ3v) is 3.98. The molecule has 0 bridgehead atoms. The van der Waals surface area contributed by atoms with Crippen molar-refractivity contribution in [3.8, 4) is 0 Å². The zero-order chi connectivity index (χ0) is 14.6. The fourth-order valence-electron chi connectivity index (χ4n) is 1.69. The van der Waals surface area contributed by atoms with E-state index in [1.165, 1.54) is 0 Å². The van der Waals surface area contributed by atoms with Gasteiger partial charge >= 0.3 is 0 Å². The number of nitrogens with one attached hydrogen (secondary N) is 1. The van der Waals surface area contributed by atoms with Crippen LogP contribution in [0.2, 0.25) is 0 Å². The first-order chi connectivity index (χ1) is 9.48. The highest BCUT2D eigenvalue weighted by Gasteiger charge is 2.14. The summed E-state index contributed by atoms with van der Waals surface area (Å²) in [6.07, 6.45) is 0. The number of rotatable bonds is 6. The van der Waals surface area contributed by atoms with Crippen molar-refractivity contribution in [2.45, 2.75) is 25.8 Å². The molecule has 0 radical (unpaired) electrons. The molecule has 0 spiro atoms. The summed E-state index contributed by atoms with van der Waals surface area (Å²) in [5.74, 6) is 0.369. The number of benzene rings is 1. The van der Waals surface area contributed by atoms with Crippen LogP contribution in [0.25, 0.3) is 0 Å². The van der Waals surface area contributed by atoms with Gasteiger partial charge in [0.05, 0.1) is 6.61 Å². The zero-order valence-electron chi connectivity index (χ0n) is 11.0. The number of aliphatic hydroxyl groups excluding tert-OH is 1. The van der Waals surface area contributed by atoms with Gasteiger partial charge in [-0.2, -0.15) is 0 Å². The molecule has 7 heteroatoms. The van der Waals surface area contributed by atoms with Gasteiger partial charge in [-0.1, -0.05) is 29.4 Å². The van der Waals surface area contributed by atoms with E-state index in [9.17, 15) is 8.42 Å². The molecule has 0 atom stereocenters. The van der Waals surface area contributed by atoms with Crippen LogP contribution in [0.5, 0.6) is 0 Å². The van der Waals surface area contributed by atoms with Crippen molar-refractivity contribution >= 4 is 10.0 Å². The molecule has 0 amide bonds. The third-order valence-electron chi connectivity index (χ3n) is 2.72. The Hall–Kier alpha value is -1.70. The van der Waals surface area contributed by atoms with Crippen molar-refractivity contribution in [1.82, 2.24) is 9.88 Å². The standard InChI is InChI=1S/C13H16N2O4S/c1-10-6-13(15-19-10)9-20(17,18)14-7-11-2-4-12(8-16)5-3-11/h2-6,14,16H,7-9H2,1H3. The van der Waals surface area contributed by atoms with Gasteiger partial charge in [0, 0.05) is 12.6 Å². The Bertz CT molecular complexity index is 662. The molecule has 0 saturated carbocycles.